The number of hydrogen-bond acceptors (Lipinski definition) is 9. The molecule has 2 heterocycles. The normalized spacial score (nSPS) is 39.1. The number of aliphatic hydroxyl groups excluding tert-OH is 2. The van der Waals surface area contributed by atoms with Crippen molar-refractivity contribution < 1.29 is 38.7 Å². The summed E-state index contributed by atoms with van der Waals surface area (Å²) < 4.78 is 24.5. The molecule has 0 unspecified atom stereocenters. The van der Waals surface area contributed by atoms with Gasteiger partial charge in [0.1, 0.15) is 6.61 Å². The summed E-state index contributed by atoms with van der Waals surface area (Å²) in [6.07, 6.45) is 6.46. The van der Waals surface area contributed by atoms with Gasteiger partial charge in [-0.15, -0.1) is 0 Å². The van der Waals surface area contributed by atoms with E-state index >= 15 is 0 Å². The number of ether oxygens (including phenoxy) is 4. The molecule has 2 aromatic rings. The fourth-order valence-corrected chi connectivity index (χ4v) is 10.1. The zero-order valence-electron chi connectivity index (χ0n) is 25.5. The second-order valence-corrected chi connectivity index (χ2v) is 14.1. The summed E-state index contributed by atoms with van der Waals surface area (Å²) in [5, 5.41) is 22.1. The van der Waals surface area contributed by atoms with Crippen LogP contribution >= 0.6 is 0 Å². The van der Waals surface area contributed by atoms with E-state index in [4.69, 9.17) is 24.7 Å². The van der Waals surface area contributed by atoms with Gasteiger partial charge in [-0.3, -0.25) is 9.59 Å². The average molecular weight is 614 g/mol. The van der Waals surface area contributed by atoms with Crippen LogP contribution in [0.15, 0.2) is 60.2 Å². The van der Waals surface area contributed by atoms with Crippen LogP contribution in [0.5, 0.6) is 11.5 Å². The number of carbonyl (C=O) groups excluding carboxylic acids is 2. The third-order valence-electron chi connectivity index (χ3n) is 12.1. The Labute approximate surface area is 262 Å². The summed E-state index contributed by atoms with van der Waals surface area (Å²) in [7, 11) is 0. The van der Waals surface area contributed by atoms with Crippen molar-refractivity contribution in [1.82, 2.24) is 0 Å². The van der Waals surface area contributed by atoms with Crippen LogP contribution in [-0.4, -0.2) is 53.0 Å². The Kier molecular flexibility index (Phi) is 6.43. The second-order valence-electron chi connectivity index (χ2n) is 14.1. The predicted molar refractivity (Wildman–Crippen MR) is 163 cm³/mol. The SMILES string of the molecule is C[C@]12C=CC(=O)C=C1CC[C@@H]1[C@@H]2[C@@H](O)C[C@@]2(C)[C@H]1C[C@H]1O[C@@H](c3ccc(Cc4ccc(N)c5c4OCO5)cc3)O[C@]12C(=O)CO. The molecule has 8 rings (SSSR count). The lowest BCUT2D eigenvalue weighted by atomic mass is 9.46. The molecule has 0 aromatic heterocycles. The lowest BCUT2D eigenvalue weighted by molar-refractivity contribution is -0.201. The minimum absolute atomic E-state index is 0.00259. The minimum atomic E-state index is -1.38. The smallest absolute Gasteiger partial charge is 0.231 e. The topological polar surface area (TPSA) is 138 Å². The number of aliphatic hydroxyl groups is 2. The van der Waals surface area contributed by atoms with E-state index in [2.05, 4.69) is 6.92 Å². The Morgan fingerprint density at radius 3 is 2.64 bits per heavy atom. The third-order valence-corrected chi connectivity index (χ3v) is 12.1. The van der Waals surface area contributed by atoms with Gasteiger partial charge in [0.2, 0.25) is 6.79 Å². The average Bonchev–Trinajstić information content (AvgIpc) is 3.73. The first-order chi connectivity index (χ1) is 21.6. The summed E-state index contributed by atoms with van der Waals surface area (Å²) in [6, 6.07) is 11.7. The quantitative estimate of drug-likeness (QED) is 0.424. The predicted octanol–water partition coefficient (Wildman–Crippen LogP) is 4.19. The summed E-state index contributed by atoms with van der Waals surface area (Å²) in [5.74, 6) is 0.935. The molecule has 4 N–H and O–H groups in total. The Bertz CT molecular complexity index is 1650. The molecule has 236 valence electrons. The molecular weight excluding hydrogens is 574 g/mol. The van der Waals surface area contributed by atoms with Gasteiger partial charge < -0.3 is 34.9 Å². The molecule has 6 aliphatic rings. The molecular formula is C36H39NO8. The van der Waals surface area contributed by atoms with Crippen molar-refractivity contribution in [2.45, 2.75) is 70.1 Å². The minimum Gasteiger partial charge on any atom is -0.453 e. The lowest BCUT2D eigenvalue weighted by Crippen LogP contribution is -2.63. The van der Waals surface area contributed by atoms with Crippen LogP contribution in [0.1, 0.15) is 62.5 Å². The highest BCUT2D eigenvalue weighted by atomic mass is 16.7. The molecule has 0 spiro atoms. The van der Waals surface area contributed by atoms with Crippen molar-refractivity contribution in [1.29, 1.82) is 0 Å². The first-order valence-electron chi connectivity index (χ1n) is 15.9. The largest absolute Gasteiger partial charge is 0.453 e. The van der Waals surface area contributed by atoms with Gasteiger partial charge in [-0.2, -0.15) is 0 Å². The molecule has 4 aliphatic carbocycles. The number of allylic oxidation sites excluding steroid dienone is 4. The van der Waals surface area contributed by atoms with Crippen LogP contribution < -0.4 is 15.2 Å². The molecule has 0 radical (unpaired) electrons. The first-order valence-corrected chi connectivity index (χ1v) is 15.9. The highest BCUT2D eigenvalue weighted by molar-refractivity contribution is 6.01. The second kappa shape index (κ2) is 10.00. The van der Waals surface area contributed by atoms with Gasteiger partial charge in [0.05, 0.1) is 17.9 Å². The van der Waals surface area contributed by atoms with Crippen molar-refractivity contribution in [2.75, 3.05) is 19.1 Å². The van der Waals surface area contributed by atoms with Crippen molar-refractivity contribution in [2.24, 2.45) is 28.6 Å². The highest BCUT2D eigenvalue weighted by Gasteiger charge is 2.75. The van der Waals surface area contributed by atoms with Gasteiger partial charge >= 0.3 is 0 Å². The molecule has 1 saturated heterocycles. The number of fused-ring (bicyclic) bond motifs is 8. The van der Waals surface area contributed by atoms with Crippen LogP contribution in [0.25, 0.3) is 0 Å². The Morgan fingerprint density at radius 1 is 1.09 bits per heavy atom. The van der Waals surface area contributed by atoms with Crippen molar-refractivity contribution in [3.63, 3.8) is 0 Å². The summed E-state index contributed by atoms with van der Waals surface area (Å²) >= 11 is 0. The van der Waals surface area contributed by atoms with Crippen molar-refractivity contribution in [3.05, 3.63) is 76.9 Å². The van der Waals surface area contributed by atoms with E-state index in [1.807, 2.05) is 49.4 Å². The summed E-state index contributed by atoms with van der Waals surface area (Å²) in [4.78, 5) is 26.0. The third kappa shape index (κ3) is 3.94. The number of benzene rings is 2. The molecule has 4 fully saturated rings. The highest BCUT2D eigenvalue weighted by Crippen LogP contribution is 2.70. The van der Waals surface area contributed by atoms with Gasteiger partial charge in [0.25, 0.3) is 0 Å². The molecule has 9 atom stereocenters. The van der Waals surface area contributed by atoms with E-state index in [-0.39, 0.29) is 30.3 Å². The Hall–Kier alpha value is -3.50. The summed E-state index contributed by atoms with van der Waals surface area (Å²) in [6.45, 7) is 3.66. The molecule has 0 amide bonds. The molecule has 0 bridgehead atoms. The van der Waals surface area contributed by atoms with E-state index in [0.717, 1.165) is 35.1 Å². The van der Waals surface area contributed by atoms with E-state index in [9.17, 15) is 19.8 Å². The van der Waals surface area contributed by atoms with E-state index in [1.54, 1.807) is 12.2 Å². The number of Topliss-reactive ketones (excluding diaryl/α,β-unsaturated/α-hetero) is 1. The van der Waals surface area contributed by atoms with Crippen molar-refractivity contribution >= 4 is 17.3 Å². The molecule has 2 aliphatic heterocycles. The monoisotopic (exact) mass is 613 g/mol. The zero-order valence-corrected chi connectivity index (χ0v) is 25.5. The van der Waals surface area contributed by atoms with Gasteiger partial charge in [-0.25, -0.2) is 0 Å². The van der Waals surface area contributed by atoms with Crippen LogP contribution in [-0.2, 0) is 25.5 Å². The standard InChI is InChI=1S/C36H39NO8/c1-34-12-11-23(39)14-22(34)8-9-24-25-15-29-36(28(41)17-38,35(25,2)16-27(40)30(24)34)45-33(44-29)20-5-3-19(4-6-20)13-21-7-10-26(37)32-31(21)42-18-43-32/h3-7,10-12,14,24-25,27,29-30,33,38,40H,8-9,13,15-18,37H2,1-2H3/t24-,25-,27-,29+,30+,33+,34-,35-,36+/m0/s1. The lowest BCUT2D eigenvalue weighted by Gasteiger charge is -2.59. The number of anilines is 1. The Morgan fingerprint density at radius 2 is 1.87 bits per heavy atom. The van der Waals surface area contributed by atoms with Gasteiger partial charge in [-0.1, -0.05) is 55.8 Å². The number of nitrogen functional groups attached to an aromatic ring is 1. The van der Waals surface area contributed by atoms with Crippen LogP contribution in [0, 0.1) is 28.6 Å². The number of carbonyl (C=O) groups is 2. The number of ketones is 2. The molecule has 2 aromatic carbocycles. The summed E-state index contributed by atoms with van der Waals surface area (Å²) in [5.41, 5.74) is 7.93. The van der Waals surface area contributed by atoms with E-state index in [1.165, 1.54) is 0 Å². The fourth-order valence-electron chi connectivity index (χ4n) is 10.1. The first kappa shape index (κ1) is 28.9. The molecule has 45 heavy (non-hydrogen) atoms. The van der Waals surface area contributed by atoms with Gasteiger partial charge in [0, 0.05) is 34.3 Å². The van der Waals surface area contributed by atoms with Gasteiger partial charge in [-0.05, 0) is 61.3 Å². The number of rotatable bonds is 5. The van der Waals surface area contributed by atoms with Crippen LogP contribution in [0.2, 0.25) is 0 Å². The van der Waals surface area contributed by atoms with Crippen molar-refractivity contribution in [3.8, 4) is 11.5 Å². The van der Waals surface area contributed by atoms with Crippen LogP contribution in [0.4, 0.5) is 5.69 Å². The van der Waals surface area contributed by atoms with E-state index < -0.39 is 47.3 Å². The Balaban J connectivity index is 1.07. The van der Waals surface area contributed by atoms with E-state index in [0.29, 0.717) is 36.4 Å². The zero-order chi connectivity index (χ0) is 31.3. The maximum atomic E-state index is 13.8. The number of hydrogen-bond donors (Lipinski definition) is 3. The molecule has 3 saturated carbocycles. The molecule has 9 heteroatoms. The molecule has 9 nitrogen and oxygen atoms in total. The van der Waals surface area contributed by atoms with Gasteiger partial charge in [0.15, 0.2) is 35.0 Å². The fraction of sp³-hybridized carbons (Fsp3) is 0.500. The number of nitrogens with two attached hydrogens (primary N) is 1. The van der Waals surface area contributed by atoms with Crippen LogP contribution in [0.3, 0.4) is 0 Å². The maximum Gasteiger partial charge on any atom is 0.231 e. The maximum absolute atomic E-state index is 13.8.